The summed E-state index contributed by atoms with van der Waals surface area (Å²) in [5.41, 5.74) is 16.0. The van der Waals surface area contributed by atoms with E-state index in [4.69, 9.17) is 9.47 Å². The molecule has 9 rings (SSSR count). The van der Waals surface area contributed by atoms with Gasteiger partial charge in [0.15, 0.2) is 0 Å². The molecule has 0 radical (unpaired) electrons. The monoisotopic (exact) mass is 645 g/mol. The van der Waals surface area contributed by atoms with Gasteiger partial charge in [0.1, 0.15) is 23.0 Å². The highest BCUT2D eigenvalue weighted by molar-refractivity contribution is 6.98. The second-order valence-corrected chi connectivity index (χ2v) is 13.6. The van der Waals surface area contributed by atoms with Crippen molar-refractivity contribution in [2.24, 2.45) is 0 Å². The molecule has 0 bridgehead atoms. The number of rotatable bonds is 5. The lowest BCUT2D eigenvalue weighted by Crippen LogP contribution is -2.57. The maximum atomic E-state index is 6.96. The van der Waals surface area contributed by atoms with E-state index in [0.29, 0.717) is 0 Å². The highest BCUT2D eigenvalue weighted by Crippen LogP contribution is 2.45. The Balaban J connectivity index is 1.28. The van der Waals surface area contributed by atoms with Crippen LogP contribution in [0.2, 0.25) is 0 Å². The maximum absolute atomic E-state index is 6.96. The number of fused-ring (bicyclic) bond motifs is 4. The van der Waals surface area contributed by atoms with Gasteiger partial charge in [0.05, 0.1) is 5.69 Å². The second-order valence-electron chi connectivity index (χ2n) is 13.6. The predicted octanol–water partition coefficient (Wildman–Crippen LogP) is 10.5. The average molecular weight is 646 g/mol. The zero-order valence-corrected chi connectivity index (χ0v) is 28.7. The largest absolute Gasteiger partial charge is 0.458 e. The normalized spacial score (nSPS) is 12.3. The van der Waals surface area contributed by atoms with Gasteiger partial charge in [-0.3, -0.25) is 0 Å². The highest BCUT2D eigenvalue weighted by atomic mass is 16.5. The molecule has 0 unspecified atom stereocenters. The van der Waals surface area contributed by atoms with E-state index in [-0.39, 0.29) is 6.71 Å². The summed E-state index contributed by atoms with van der Waals surface area (Å²) in [4.78, 5) is 2.37. The van der Waals surface area contributed by atoms with Gasteiger partial charge in [0, 0.05) is 29.0 Å². The van der Waals surface area contributed by atoms with Gasteiger partial charge in [-0.25, -0.2) is 0 Å². The van der Waals surface area contributed by atoms with Crippen LogP contribution in [0.3, 0.4) is 0 Å². The van der Waals surface area contributed by atoms with E-state index in [0.717, 1.165) is 78.7 Å². The second kappa shape index (κ2) is 11.9. The van der Waals surface area contributed by atoms with E-state index in [1.165, 1.54) is 22.3 Å². The maximum Gasteiger partial charge on any atom is 0.260 e. The van der Waals surface area contributed by atoms with Crippen LogP contribution in [-0.4, -0.2) is 6.71 Å². The van der Waals surface area contributed by atoms with Crippen molar-refractivity contribution in [1.29, 1.82) is 0 Å². The van der Waals surface area contributed by atoms with E-state index < -0.39 is 0 Å². The number of nitrogens with zero attached hydrogens (tertiary/aromatic N) is 1. The lowest BCUT2D eigenvalue weighted by atomic mass is 9.34. The molecular formula is C46H36BNO2. The van der Waals surface area contributed by atoms with Crippen LogP contribution in [-0.2, 0) is 0 Å². The number of hydrogen-bond acceptors (Lipinski definition) is 3. The topological polar surface area (TPSA) is 21.7 Å². The molecule has 0 fully saturated rings. The Bertz CT molecular complexity index is 2270. The Hall–Kier alpha value is -6.00. The summed E-state index contributed by atoms with van der Waals surface area (Å²) in [6.45, 7) is 8.63. The number of benzene rings is 7. The van der Waals surface area contributed by atoms with Gasteiger partial charge in [0.2, 0.25) is 0 Å². The van der Waals surface area contributed by atoms with E-state index in [2.05, 4.69) is 178 Å². The lowest BCUT2D eigenvalue weighted by molar-refractivity contribution is 0.465. The van der Waals surface area contributed by atoms with E-state index in [1.807, 2.05) is 0 Å². The van der Waals surface area contributed by atoms with Crippen LogP contribution in [0.25, 0.3) is 22.3 Å². The molecule has 0 saturated heterocycles. The zero-order valence-electron chi connectivity index (χ0n) is 28.7. The van der Waals surface area contributed by atoms with Crippen LogP contribution in [0.15, 0.2) is 146 Å². The van der Waals surface area contributed by atoms with Gasteiger partial charge in [0.25, 0.3) is 6.71 Å². The summed E-state index contributed by atoms with van der Waals surface area (Å²) in [5.74, 6) is 3.38. The molecule has 0 aromatic heterocycles. The Morgan fingerprint density at radius 3 is 1.34 bits per heavy atom. The minimum Gasteiger partial charge on any atom is -0.458 e. The summed E-state index contributed by atoms with van der Waals surface area (Å²) in [5, 5.41) is 0. The zero-order chi connectivity index (χ0) is 33.9. The van der Waals surface area contributed by atoms with Crippen molar-refractivity contribution in [2.75, 3.05) is 4.90 Å². The van der Waals surface area contributed by atoms with Crippen molar-refractivity contribution in [2.45, 2.75) is 27.7 Å². The van der Waals surface area contributed by atoms with Crippen LogP contribution >= 0.6 is 0 Å². The Morgan fingerprint density at radius 2 is 0.880 bits per heavy atom. The van der Waals surface area contributed by atoms with Crippen molar-refractivity contribution in [3.63, 3.8) is 0 Å². The molecule has 240 valence electrons. The molecule has 7 aromatic rings. The Kier molecular flexibility index (Phi) is 7.13. The van der Waals surface area contributed by atoms with Crippen molar-refractivity contribution in [1.82, 2.24) is 0 Å². The van der Waals surface area contributed by atoms with Crippen LogP contribution in [0.5, 0.6) is 23.0 Å². The van der Waals surface area contributed by atoms with Gasteiger partial charge in [-0.1, -0.05) is 109 Å². The average Bonchev–Trinajstić information content (AvgIpc) is 3.14. The number of anilines is 3. The van der Waals surface area contributed by atoms with E-state index in [1.54, 1.807) is 0 Å². The number of ether oxygens (including phenoxy) is 2. The lowest BCUT2D eigenvalue weighted by Gasteiger charge is -2.36. The molecule has 2 aliphatic rings. The van der Waals surface area contributed by atoms with Crippen molar-refractivity contribution in [3.05, 3.63) is 168 Å². The fourth-order valence-corrected chi connectivity index (χ4v) is 7.56. The molecular weight excluding hydrogens is 609 g/mol. The molecule has 2 aliphatic heterocycles. The van der Waals surface area contributed by atoms with E-state index in [9.17, 15) is 0 Å². The summed E-state index contributed by atoms with van der Waals surface area (Å²) in [7, 11) is 0. The first-order chi connectivity index (χ1) is 24.4. The van der Waals surface area contributed by atoms with Crippen LogP contribution < -0.4 is 30.8 Å². The molecule has 0 saturated carbocycles. The standard InChI is InChI=1S/C46H36BNO2/c1-29-15-17-31(3)40(23-29)48(41-24-30(2)16-18-32(41)4)37-27-44-46-45(28-37)50-43-26-36(34-13-9-6-10-14-34)20-22-39(43)47(46)38-21-19-35(25-42(38)49-44)33-11-7-5-8-12-33/h5-28H,1-4H3. The van der Waals surface area contributed by atoms with Gasteiger partial charge in [-0.15, -0.1) is 0 Å². The fraction of sp³-hybridized carbons (Fsp3) is 0.0870. The molecule has 0 amide bonds. The fourth-order valence-electron chi connectivity index (χ4n) is 7.56. The molecule has 0 spiro atoms. The molecule has 2 heterocycles. The van der Waals surface area contributed by atoms with Crippen LogP contribution in [0, 0.1) is 27.7 Å². The summed E-state index contributed by atoms with van der Waals surface area (Å²) in [6.07, 6.45) is 0. The third kappa shape index (κ3) is 5.07. The minimum atomic E-state index is -0.0361. The van der Waals surface area contributed by atoms with Gasteiger partial charge in [-0.05, 0) is 107 Å². The smallest absolute Gasteiger partial charge is 0.260 e. The molecule has 0 N–H and O–H groups in total. The molecule has 3 nitrogen and oxygen atoms in total. The number of aryl methyl sites for hydroxylation is 4. The molecule has 50 heavy (non-hydrogen) atoms. The summed E-state index contributed by atoms with van der Waals surface area (Å²) in [6, 6.07) is 52.0. The van der Waals surface area contributed by atoms with Gasteiger partial charge >= 0.3 is 0 Å². The third-order valence-corrected chi connectivity index (χ3v) is 10.2. The molecule has 4 heteroatoms. The predicted molar refractivity (Wildman–Crippen MR) is 209 cm³/mol. The van der Waals surface area contributed by atoms with Crippen molar-refractivity contribution >= 4 is 40.2 Å². The van der Waals surface area contributed by atoms with Gasteiger partial charge in [-0.2, -0.15) is 0 Å². The third-order valence-electron chi connectivity index (χ3n) is 10.2. The van der Waals surface area contributed by atoms with Gasteiger partial charge < -0.3 is 14.4 Å². The van der Waals surface area contributed by atoms with Crippen LogP contribution in [0.1, 0.15) is 22.3 Å². The SMILES string of the molecule is Cc1ccc(C)c(N(c2cc3c4c(c2)Oc2cc(-c5ccccc5)ccc2B4c2ccc(-c4ccccc4)cc2O3)c2cc(C)ccc2C)c1. The van der Waals surface area contributed by atoms with Crippen LogP contribution in [0.4, 0.5) is 17.1 Å². The van der Waals surface area contributed by atoms with Crippen molar-refractivity contribution < 1.29 is 9.47 Å². The molecule has 0 atom stereocenters. The molecule has 7 aromatic carbocycles. The quantitative estimate of drug-likeness (QED) is 0.174. The first-order valence-electron chi connectivity index (χ1n) is 17.3. The first-order valence-corrected chi connectivity index (χ1v) is 17.3. The summed E-state index contributed by atoms with van der Waals surface area (Å²) >= 11 is 0. The van der Waals surface area contributed by atoms with E-state index >= 15 is 0 Å². The Morgan fingerprint density at radius 1 is 0.420 bits per heavy atom. The van der Waals surface area contributed by atoms with Crippen molar-refractivity contribution in [3.8, 4) is 45.3 Å². The summed E-state index contributed by atoms with van der Waals surface area (Å²) < 4.78 is 13.9. The molecule has 0 aliphatic carbocycles. The minimum absolute atomic E-state index is 0.0361. The number of hydrogen-bond donors (Lipinski definition) is 0. The first kappa shape index (κ1) is 30.1. The highest BCUT2D eigenvalue weighted by Gasteiger charge is 2.41. The Labute approximate surface area is 294 Å².